The smallest absolute Gasteiger partial charge is 0.276 e. The predicted molar refractivity (Wildman–Crippen MR) is 156 cm³/mol. The highest BCUT2D eigenvalue weighted by Crippen LogP contribution is 2.47. The Balaban J connectivity index is 1.41. The van der Waals surface area contributed by atoms with Gasteiger partial charge in [0.25, 0.3) is 11.5 Å². The van der Waals surface area contributed by atoms with E-state index < -0.39 is 23.4 Å². The van der Waals surface area contributed by atoms with Crippen LogP contribution < -0.4 is 10.9 Å². The number of fused-ring (bicyclic) bond motifs is 9. The Morgan fingerprint density at radius 2 is 1.86 bits per heavy atom. The lowest BCUT2D eigenvalue weighted by Gasteiger charge is -2.37. The molecule has 0 amide bonds. The van der Waals surface area contributed by atoms with E-state index in [9.17, 15) is 15.2 Å². The number of nitrogens with one attached hydrogen (secondary N) is 1. The highest BCUT2D eigenvalue weighted by Gasteiger charge is 2.47. The van der Waals surface area contributed by atoms with Gasteiger partial charge in [-0.15, -0.1) is 0 Å². The first kappa shape index (κ1) is 28.7. The summed E-state index contributed by atoms with van der Waals surface area (Å²) >= 11 is 0. The lowest BCUT2D eigenvalue weighted by molar-refractivity contribution is -0.0875. The lowest BCUT2D eigenvalue weighted by atomic mass is 9.85. The molecule has 2 fully saturated rings. The van der Waals surface area contributed by atoms with Gasteiger partial charge < -0.3 is 15.3 Å². The number of aliphatic hydroxyl groups excluding tert-OH is 1. The standard InChI is InChI=1S/C32H38F2N6O2/c1-21-22-6-5-7-24(16-22)32(33,34)23-9-14-39(15-10-23)18-25(41)8-3-2-4-13-40-29-26(28(38-21)36-20-37-29)17-27(30(40)42)31(19-35)11-12-31/h5-7,16-17,20-21,23,25,41H,2-4,8-15,18H2,1H3,(H,36,37,38)/t21-,25?/m1/s1. The molecule has 222 valence electrons. The van der Waals surface area contributed by atoms with Crippen molar-refractivity contribution in [1.29, 1.82) is 5.26 Å². The molecule has 1 saturated heterocycles. The Morgan fingerprint density at radius 1 is 1.07 bits per heavy atom. The van der Waals surface area contributed by atoms with E-state index in [1.54, 1.807) is 22.8 Å². The minimum absolute atomic E-state index is 0.00592. The zero-order chi connectivity index (χ0) is 29.5. The molecule has 1 aromatic carbocycles. The Hall–Kier alpha value is -3.42. The predicted octanol–water partition coefficient (Wildman–Crippen LogP) is 5.26. The van der Waals surface area contributed by atoms with Gasteiger partial charge in [-0.3, -0.25) is 9.36 Å². The summed E-state index contributed by atoms with van der Waals surface area (Å²) in [5, 5.41) is 24.6. The van der Waals surface area contributed by atoms with Crippen molar-refractivity contribution in [2.45, 2.75) is 88.3 Å². The van der Waals surface area contributed by atoms with Crippen LogP contribution in [0.15, 0.2) is 41.5 Å². The molecule has 3 aromatic rings. The van der Waals surface area contributed by atoms with Crippen LogP contribution in [0, 0.1) is 17.2 Å². The van der Waals surface area contributed by atoms with Gasteiger partial charge in [0, 0.05) is 36.2 Å². The average molecular weight is 577 g/mol. The Labute approximate surface area is 244 Å². The molecule has 2 aromatic heterocycles. The number of aryl methyl sites for hydroxylation is 1. The van der Waals surface area contributed by atoms with Gasteiger partial charge in [-0.1, -0.05) is 31.0 Å². The van der Waals surface area contributed by atoms with Crippen molar-refractivity contribution in [3.8, 4) is 6.07 Å². The number of aromatic nitrogens is 3. The van der Waals surface area contributed by atoms with E-state index in [1.807, 2.05) is 13.0 Å². The number of aliphatic hydroxyl groups is 1. The molecule has 7 rings (SSSR count). The molecule has 42 heavy (non-hydrogen) atoms. The fourth-order valence-corrected chi connectivity index (χ4v) is 6.65. The molecule has 0 radical (unpaired) electrons. The maximum absolute atomic E-state index is 15.8. The molecular formula is C32H38F2N6O2. The molecule has 2 atom stereocenters. The fourth-order valence-electron chi connectivity index (χ4n) is 6.65. The summed E-state index contributed by atoms with van der Waals surface area (Å²) in [6.07, 6.45) is 5.86. The van der Waals surface area contributed by atoms with E-state index in [-0.39, 0.29) is 17.2 Å². The van der Waals surface area contributed by atoms with Crippen LogP contribution in [0.3, 0.4) is 0 Å². The van der Waals surface area contributed by atoms with Crippen LogP contribution in [-0.4, -0.2) is 50.3 Å². The minimum atomic E-state index is -2.97. The summed E-state index contributed by atoms with van der Waals surface area (Å²) in [4.78, 5) is 24.8. The van der Waals surface area contributed by atoms with Crippen molar-refractivity contribution < 1.29 is 13.9 Å². The van der Waals surface area contributed by atoms with Gasteiger partial charge in [0.1, 0.15) is 17.8 Å². The molecule has 1 saturated carbocycles. The number of pyridine rings is 1. The number of benzene rings is 1. The van der Waals surface area contributed by atoms with Gasteiger partial charge in [-0.05, 0) is 76.2 Å². The highest BCUT2D eigenvalue weighted by molar-refractivity contribution is 5.87. The number of hydrogen-bond donors (Lipinski definition) is 2. The van der Waals surface area contributed by atoms with Crippen molar-refractivity contribution in [3.05, 3.63) is 63.7 Å². The number of alkyl halides is 2. The number of hydrogen-bond acceptors (Lipinski definition) is 7. The topological polar surface area (TPSA) is 107 Å². The number of halogens is 2. The van der Waals surface area contributed by atoms with Crippen molar-refractivity contribution in [2.24, 2.45) is 5.92 Å². The van der Waals surface area contributed by atoms with Crippen LogP contribution in [-0.2, 0) is 17.9 Å². The van der Waals surface area contributed by atoms with Crippen molar-refractivity contribution in [3.63, 3.8) is 0 Å². The number of nitrogens with zero attached hydrogens (tertiary/aromatic N) is 5. The van der Waals surface area contributed by atoms with Gasteiger partial charge in [0.2, 0.25) is 0 Å². The first-order valence-electron chi connectivity index (χ1n) is 15.2. The SMILES string of the molecule is C[C@H]1Nc2ncnc3c2cc(C2(C#N)CC2)c(=O)n3CCCCCC(O)CN2CCC(CC2)C(F)(F)c2cccc1c2. The first-order valence-corrected chi connectivity index (χ1v) is 15.2. The van der Waals surface area contributed by atoms with Crippen LogP contribution in [0.4, 0.5) is 14.6 Å². The number of piperidine rings is 1. The zero-order valence-corrected chi connectivity index (χ0v) is 24.0. The maximum Gasteiger partial charge on any atom is 0.276 e. The Morgan fingerprint density at radius 3 is 2.60 bits per heavy atom. The summed E-state index contributed by atoms with van der Waals surface area (Å²) in [7, 11) is 0. The van der Waals surface area contributed by atoms with E-state index in [2.05, 4.69) is 26.3 Å². The fraction of sp³-hybridized carbons (Fsp3) is 0.562. The first-order chi connectivity index (χ1) is 20.2. The molecule has 2 N–H and O–H groups in total. The molecule has 1 aliphatic carbocycles. The van der Waals surface area contributed by atoms with E-state index in [1.165, 1.54) is 12.4 Å². The minimum Gasteiger partial charge on any atom is -0.392 e. The van der Waals surface area contributed by atoms with Gasteiger partial charge >= 0.3 is 0 Å². The second-order valence-electron chi connectivity index (χ2n) is 12.4. The molecule has 5 heterocycles. The second kappa shape index (κ2) is 11.3. The third-order valence-corrected chi connectivity index (χ3v) is 9.48. The molecular weight excluding hydrogens is 538 g/mol. The third kappa shape index (κ3) is 5.40. The van der Waals surface area contributed by atoms with Gasteiger partial charge in [0.15, 0.2) is 0 Å². The third-order valence-electron chi connectivity index (χ3n) is 9.48. The van der Waals surface area contributed by atoms with Crippen LogP contribution in [0.1, 0.15) is 81.0 Å². The summed E-state index contributed by atoms with van der Waals surface area (Å²) in [5.41, 5.74) is 0.662. The average Bonchev–Trinajstić information content (AvgIpc) is 3.79. The van der Waals surface area contributed by atoms with Crippen LogP contribution in [0.25, 0.3) is 11.0 Å². The molecule has 4 aliphatic rings. The molecule has 8 bridgehead atoms. The summed E-state index contributed by atoms with van der Waals surface area (Å²) in [6, 6.07) is 10.3. The summed E-state index contributed by atoms with van der Waals surface area (Å²) in [5.74, 6) is -3.23. The van der Waals surface area contributed by atoms with Gasteiger partial charge in [-0.2, -0.15) is 5.26 Å². The number of anilines is 1. The zero-order valence-electron chi connectivity index (χ0n) is 24.0. The van der Waals surface area contributed by atoms with Crippen LogP contribution in [0.2, 0.25) is 0 Å². The quantitative estimate of drug-likeness (QED) is 0.407. The molecule has 3 aliphatic heterocycles. The molecule has 0 spiro atoms. The van der Waals surface area contributed by atoms with Gasteiger partial charge in [-0.25, -0.2) is 18.7 Å². The van der Waals surface area contributed by atoms with Crippen LogP contribution in [0.5, 0.6) is 0 Å². The molecule has 1 unspecified atom stereocenters. The lowest BCUT2D eigenvalue weighted by Crippen LogP contribution is -2.42. The maximum atomic E-state index is 15.8. The Kier molecular flexibility index (Phi) is 7.75. The van der Waals surface area contributed by atoms with Crippen molar-refractivity contribution >= 4 is 16.9 Å². The van der Waals surface area contributed by atoms with E-state index >= 15 is 8.78 Å². The van der Waals surface area contributed by atoms with Crippen molar-refractivity contribution in [2.75, 3.05) is 25.0 Å². The largest absolute Gasteiger partial charge is 0.392 e. The van der Waals surface area contributed by atoms with Gasteiger partial charge in [0.05, 0.1) is 23.0 Å². The second-order valence-corrected chi connectivity index (χ2v) is 12.4. The number of nitriles is 1. The summed E-state index contributed by atoms with van der Waals surface area (Å²) < 4.78 is 33.2. The summed E-state index contributed by atoms with van der Waals surface area (Å²) in [6.45, 7) is 3.92. The highest BCUT2D eigenvalue weighted by atomic mass is 19.3. The normalized spacial score (nSPS) is 27.5. The molecule has 8 nitrogen and oxygen atoms in total. The Bertz CT molecular complexity index is 1550. The van der Waals surface area contributed by atoms with Crippen LogP contribution >= 0.6 is 0 Å². The van der Waals surface area contributed by atoms with E-state index in [0.717, 1.165) is 19.3 Å². The van der Waals surface area contributed by atoms with E-state index in [4.69, 9.17) is 0 Å². The van der Waals surface area contributed by atoms with E-state index in [0.29, 0.717) is 86.3 Å². The van der Waals surface area contributed by atoms with Crippen molar-refractivity contribution in [1.82, 2.24) is 19.4 Å². The number of rotatable bonds is 1. The molecule has 10 heteroatoms. The monoisotopic (exact) mass is 576 g/mol.